The van der Waals surface area contributed by atoms with Gasteiger partial charge in [-0.1, -0.05) is 12.1 Å². The molecule has 1 saturated heterocycles. The van der Waals surface area contributed by atoms with Crippen LogP contribution >= 0.6 is 11.3 Å². The second-order valence-electron chi connectivity index (χ2n) is 8.91. The number of aryl methyl sites for hydroxylation is 4. The Hall–Kier alpha value is -2.03. The smallest absolute Gasteiger partial charge is 0.105 e. The monoisotopic (exact) mass is 440 g/mol. The lowest BCUT2D eigenvalue weighted by Crippen LogP contribution is -2.50. The number of fused-ring (bicyclic) bond motifs is 2. The molecule has 0 unspecified atom stereocenters. The van der Waals surface area contributed by atoms with Gasteiger partial charge in [-0.25, -0.2) is 4.98 Å². The van der Waals surface area contributed by atoms with E-state index in [0.29, 0.717) is 6.04 Å². The number of aromatic nitrogens is 5. The third-order valence-corrected chi connectivity index (χ3v) is 8.24. The van der Waals surface area contributed by atoms with Gasteiger partial charge in [-0.05, 0) is 44.7 Å². The number of piperidine rings is 1. The molecule has 5 rings (SSSR count). The highest BCUT2D eigenvalue weighted by Crippen LogP contribution is 2.46. The van der Waals surface area contributed by atoms with Crippen LogP contribution < -0.4 is 0 Å². The summed E-state index contributed by atoms with van der Waals surface area (Å²) in [6.45, 7) is 11.0. The minimum atomic E-state index is -0.0896. The van der Waals surface area contributed by atoms with Crippen LogP contribution in [0.25, 0.3) is 0 Å². The molecule has 1 spiro atoms. The van der Waals surface area contributed by atoms with Crippen LogP contribution in [0.4, 0.5) is 0 Å². The van der Waals surface area contributed by atoms with Gasteiger partial charge in [-0.2, -0.15) is 0 Å². The second kappa shape index (κ2) is 8.48. The van der Waals surface area contributed by atoms with E-state index in [9.17, 15) is 0 Å². The van der Waals surface area contributed by atoms with E-state index in [1.54, 1.807) is 4.88 Å². The number of imidazole rings is 1. The molecule has 0 bridgehead atoms. The van der Waals surface area contributed by atoms with Gasteiger partial charge in [0.25, 0.3) is 0 Å². The molecule has 2 aliphatic rings. The van der Waals surface area contributed by atoms with Gasteiger partial charge in [0, 0.05) is 60.4 Å². The number of rotatable bonds is 6. The average Bonchev–Trinajstić information content (AvgIpc) is 3.49. The maximum atomic E-state index is 6.48. The summed E-state index contributed by atoms with van der Waals surface area (Å²) in [6, 6.07) is 2.87. The predicted molar refractivity (Wildman–Crippen MR) is 121 cm³/mol. The number of hydrogen-bond donors (Lipinski definition) is 0. The lowest BCUT2D eigenvalue weighted by atomic mass is 9.79. The van der Waals surface area contributed by atoms with Crippen LogP contribution in [0.5, 0.6) is 0 Å². The molecular weight excluding hydrogens is 408 g/mol. The van der Waals surface area contributed by atoms with E-state index in [2.05, 4.69) is 50.9 Å². The van der Waals surface area contributed by atoms with Crippen LogP contribution in [0.15, 0.2) is 24.7 Å². The Kier molecular flexibility index (Phi) is 5.71. The molecule has 0 saturated carbocycles. The number of thiophene rings is 1. The first kappa shape index (κ1) is 20.8. The molecule has 3 aromatic rings. The van der Waals surface area contributed by atoms with Crippen molar-refractivity contribution in [3.63, 3.8) is 0 Å². The van der Waals surface area contributed by atoms with Crippen LogP contribution in [-0.2, 0) is 42.8 Å². The van der Waals surface area contributed by atoms with E-state index in [1.165, 1.54) is 10.4 Å². The highest BCUT2D eigenvalue weighted by molar-refractivity contribution is 7.12. The van der Waals surface area contributed by atoms with Gasteiger partial charge in [0.2, 0.25) is 0 Å². The maximum absolute atomic E-state index is 6.48. The first-order valence-corrected chi connectivity index (χ1v) is 12.2. The quantitative estimate of drug-likeness (QED) is 0.587. The molecule has 7 nitrogen and oxygen atoms in total. The van der Waals surface area contributed by atoms with Gasteiger partial charge in [-0.15, -0.1) is 16.4 Å². The summed E-state index contributed by atoms with van der Waals surface area (Å²) < 4.78 is 10.6. The number of nitrogens with zero attached hydrogens (tertiary/aromatic N) is 6. The average molecular weight is 441 g/mol. The molecule has 0 aromatic carbocycles. The molecule has 3 aromatic heterocycles. The lowest BCUT2D eigenvalue weighted by Gasteiger charge is -2.47. The minimum absolute atomic E-state index is 0.0896. The van der Waals surface area contributed by atoms with Crippen LogP contribution in [0.1, 0.15) is 53.5 Å². The fourth-order valence-electron chi connectivity index (χ4n) is 5.09. The first-order chi connectivity index (χ1) is 15.1. The molecule has 0 radical (unpaired) electrons. The van der Waals surface area contributed by atoms with Crippen molar-refractivity contribution in [3.8, 4) is 0 Å². The summed E-state index contributed by atoms with van der Waals surface area (Å²) in [4.78, 5) is 9.86. The van der Waals surface area contributed by atoms with E-state index in [0.717, 1.165) is 70.0 Å². The largest absolute Gasteiger partial charge is 0.370 e. The van der Waals surface area contributed by atoms with Gasteiger partial charge >= 0.3 is 0 Å². The van der Waals surface area contributed by atoms with Crippen molar-refractivity contribution in [2.45, 2.75) is 77.7 Å². The molecular formula is C23H32N6OS. The molecule has 2 atom stereocenters. The van der Waals surface area contributed by atoms with Gasteiger partial charge in [-0.3, -0.25) is 9.58 Å². The van der Waals surface area contributed by atoms with Crippen molar-refractivity contribution >= 4 is 11.3 Å². The van der Waals surface area contributed by atoms with E-state index in [-0.39, 0.29) is 5.60 Å². The van der Waals surface area contributed by atoms with E-state index in [1.807, 2.05) is 35.3 Å². The van der Waals surface area contributed by atoms with Crippen molar-refractivity contribution in [3.05, 3.63) is 51.5 Å². The zero-order chi connectivity index (χ0) is 21.4. The topological polar surface area (TPSA) is 61.0 Å². The van der Waals surface area contributed by atoms with E-state index < -0.39 is 0 Å². The summed E-state index contributed by atoms with van der Waals surface area (Å²) in [5.41, 5.74) is 2.43. The number of hydrogen-bond acceptors (Lipinski definition) is 6. The minimum Gasteiger partial charge on any atom is -0.370 e. The SMILES string of the molecule is CCc1cc2c(s1)CCO[C@@]21CCN(Cc2cn(CCn3ccnc3C)nn2)[C@@H](C)C1. The summed E-state index contributed by atoms with van der Waals surface area (Å²) in [6.07, 6.45) is 10.2. The third kappa shape index (κ3) is 4.08. The molecule has 5 heterocycles. The van der Waals surface area contributed by atoms with Crippen LogP contribution in [-0.4, -0.2) is 48.6 Å². The normalized spacial score (nSPS) is 24.0. The lowest BCUT2D eigenvalue weighted by molar-refractivity contribution is -0.112. The zero-order valence-electron chi connectivity index (χ0n) is 18.8. The molecule has 0 aliphatic carbocycles. The van der Waals surface area contributed by atoms with Crippen LogP contribution in [0, 0.1) is 6.92 Å². The van der Waals surface area contributed by atoms with Crippen LogP contribution in [0.3, 0.4) is 0 Å². The Morgan fingerprint density at radius 2 is 2.23 bits per heavy atom. The van der Waals surface area contributed by atoms with Gasteiger partial charge in [0.05, 0.1) is 24.4 Å². The van der Waals surface area contributed by atoms with E-state index in [4.69, 9.17) is 4.74 Å². The van der Waals surface area contributed by atoms with Crippen molar-refractivity contribution < 1.29 is 4.74 Å². The Balaban J connectivity index is 1.22. The molecule has 1 fully saturated rings. The zero-order valence-corrected chi connectivity index (χ0v) is 19.6. The highest BCUT2D eigenvalue weighted by atomic mass is 32.1. The Bertz CT molecular complexity index is 1040. The van der Waals surface area contributed by atoms with Gasteiger partial charge in [0.15, 0.2) is 0 Å². The number of likely N-dealkylation sites (tertiary alicyclic amines) is 1. The molecule has 166 valence electrons. The van der Waals surface area contributed by atoms with Gasteiger partial charge in [0.1, 0.15) is 5.82 Å². The standard InChI is InChI=1S/C23H32N6OS/c1-4-20-13-21-22(31-20)5-12-30-23(21)6-8-28(17(2)14-23)15-19-16-29(26-25-19)11-10-27-9-7-24-18(27)3/h7,9,13,16-17H,4-6,8,10-12,14-15H2,1-3H3/t17-,23+/m0/s1. The Morgan fingerprint density at radius 3 is 3.00 bits per heavy atom. The molecule has 31 heavy (non-hydrogen) atoms. The second-order valence-corrected chi connectivity index (χ2v) is 10.1. The summed E-state index contributed by atoms with van der Waals surface area (Å²) in [7, 11) is 0. The molecule has 2 aliphatic heterocycles. The van der Waals surface area contributed by atoms with Gasteiger partial charge < -0.3 is 9.30 Å². The third-order valence-electron chi connectivity index (χ3n) is 6.90. The van der Waals surface area contributed by atoms with Crippen LogP contribution in [0.2, 0.25) is 0 Å². The fraction of sp³-hybridized carbons (Fsp3) is 0.609. The molecule has 8 heteroatoms. The highest BCUT2D eigenvalue weighted by Gasteiger charge is 2.44. The van der Waals surface area contributed by atoms with E-state index >= 15 is 0 Å². The fourth-order valence-corrected chi connectivity index (χ4v) is 6.27. The Labute approximate surface area is 188 Å². The van der Waals surface area contributed by atoms with Crippen molar-refractivity contribution in [2.75, 3.05) is 13.2 Å². The predicted octanol–water partition coefficient (Wildman–Crippen LogP) is 3.56. The number of ether oxygens (including phenoxy) is 1. The molecule has 0 amide bonds. The summed E-state index contributed by atoms with van der Waals surface area (Å²) in [5.74, 6) is 1.03. The first-order valence-electron chi connectivity index (χ1n) is 11.4. The van der Waals surface area contributed by atoms with Crippen molar-refractivity contribution in [2.24, 2.45) is 0 Å². The van der Waals surface area contributed by atoms with Crippen molar-refractivity contribution in [1.82, 2.24) is 29.4 Å². The summed E-state index contributed by atoms with van der Waals surface area (Å²) >= 11 is 1.99. The molecule has 0 N–H and O–H groups in total. The van der Waals surface area contributed by atoms with Crippen molar-refractivity contribution in [1.29, 1.82) is 0 Å². The maximum Gasteiger partial charge on any atom is 0.105 e. The Morgan fingerprint density at radius 1 is 1.32 bits per heavy atom. The summed E-state index contributed by atoms with van der Waals surface area (Å²) in [5, 5.41) is 8.78.